The number of aromatic nitrogens is 3. The van der Waals surface area contributed by atoms with Crippen molar-refractivity contribution >= 4 is 17.7 Å². The maximum absolute atomic E-state index is 11.8. The van der Waals surface area contributed by atoms with Crippen molar-refractivity contribution in [1.29, 1.82) is 0 Å². The molecular weight excluding hydrogens is 322 g/mol. The fraction of sp³-hybridized carbons (Fsp3) is 0.471. The van der Waals surface area contributed by atoms with Crippen LogP contribution in [0.5, 0.6) is 0 Å². The molecule has 1 aliphatic heterocycles. The highest BCUT2D eigenvalue weighted by atomic mass is 32.2. The van der Waals surface area contributed by atoms with Crippen molar-refractivity contribution in [1.82, 2.24) is 25.0 Å². The third kappa shape index (κ3) is 4.15. The van der Waals surface area contributed by atoms with Crippen molar-refractivity contribution in [2.75, 3.05) is 25.4 Å². The number of carbonyl (C=O) groups is 1. The molecule has 1 saturated heterocycles. The minimum absolute atomic E-state index is 0.0196. The van der Waals surface area contributed by atoms with Crippen LogP contribution in [0.25, 0.3) is 5.69 Å². The summed E-state index contributed by atoms with van der Waals surface area (Å²) in [5, 5.41) is 12.3. The Morgan fingerprint density at radius 3 is 2.67 bits per heavy atom. The summed E-state index contributed by atoms with van der Waals surface area (Å²) in [6.45, 7) is 5.59. The van der Waals surface area contributed by atoms with Crippen molar-refractivity contribution in [3.63, 3.8) is 0 Å². The quantitative estimate of drug-likeness (QED) is 0.779. The standard InChI is InChI=1S/C17H23N5OS/c1-2-18-16(23)13-24-17-20-19-15(12-21-10-6-7-11-21)22(17)14-8-4-3-5-9-14/h3-5,8-9H,2,6-7,10-13H2,1H3,(H,18,23). The van der Waals surface area contributed by atoms with Gasteiger partial charge in [0.2, 0.25) is 5.91 Å². The largest absolute Gasteiger partial charge is 0.356 e. The lowest BCUT2D eigenvalue weighted by molar-refractivity contribution is -0.118. The molecule has 24 heavy (non-hydrogen) atoms. The lowest BCUT2D eigenvalue weighted by Crippen LogP contribution is -2.24. The second-order valence-corrected chi connectivity index (χ2v) is 6.74. The summed E-state index contributed by atoms with van der Waals surface area (Å²) >= 11 is 1.43. The van der Waals surface area contributed by atoms with E-state index in [1.165, 1.54) is 24.6 Å². The van der Waals surface area contributed by atoms with Gasteiger partial charge >= 0.3 is 0 Å². The van der Waals surface area contributed by atoms with Gasteiger partial charge in [-0.2, -0.15) is 0 Å². The van der Waals surface area contributed by atoms with Gasteiger partial charge in [-0.1, -0.05) is 30.0 Å². The Morgan fingerprint density at radius 2 is 1.96 bits per heavy atom. The summed E-state index contributed by atoms with van der Waals surface area (Å²) in [7, 11) is 0. The first-order chi connectivity index (χ1) is 11.8. The van der Waals surface area contributed by atoms with Gasteiger partial charge in [-0.25, -0.2) is 0 Å². The molecule has 1 amide bonds. The minimum atomic E-state index is 0.0196. The Bertz CT molecular complexity index is 667. The Hall–Kier alpha value is -1.86. The summed E-state index contributed by atoms with van der Waals surface area (Å²) in [4.78, 5) is 14.2. The highest BCUT2D eigenvalue weighted by Gasteiger charge is 2.19. The van der Waals surface area contributed by atoms with Crippen molar-refractivity contribution in [3.8, 4) is 5.69 Å². The van der Waals surface area contributed by atoms with Crippen LogP contribution in [0.2, 0.25) is 0 Å². The van der Waals surface area contributed by atoms with Crippen LogP contribution in [0, 0.1) is 0 Å². The van der Waals surface area contributed by atoms with E-state index in [2.05, 4.69) is 25.0 Å². The lowest BCUT2D eigenvalue weighted by Gasteiger charge is -2.15. The fourth-order valence-corrected chi connectivity index (χ4v) is 3.65. The van der Waals surface area contributed by atoms with Gasteiger partial charge in [-0.3, -0.25) is 14.3 Å². The molecule has 0 radical (unpaired) electrons. The molecule has 1 aromatic carbocycles. The Kier molecular flexibility index (Phi) is 5.87. The number of nitrogens with one attached hydrogen (secondary N) is 1. The van der Waals surface area contributed by atoms with Crippen molar-refractivity contribution in [2.24, 2.45) is 0 Å². The molecule has 0 unspecified atom stereocenters. The normalized spacial score (nSPS) is 14.9. The maximum atomic E-state index is 11.8. The smallest absolute Gasteiger partial charge is 0.230 e. The molecule has 1 aromatic heterocycles. The molecule has 0 atom stereocenters. The van der Waals surface area contributed by atoms with E-state index < -0.39 is 0 Å². The number of hydrogen-bond acceptors (Lipinski definition) is 5. The van der Waals surface area contributed by atoms with Crippen LogP contribution in [0.4, 0.5) is 0 Å². The van der Waals surface area contributed by atoms with E-state index in [-0.39, 0.29) is 5.91 Å². The zero-order valence-electron chi connectivity index (χ0n) is 13.9. The number of para-hydroxylation sites is 1. The van der Waals surface area contributed by atoms with E-state index in [0.717, 1.165) is 36.3 Å². The Labute approximate surface area is 146 Å². The third-order valence-electron chi connectivity index (χ3n) is 3.98. The average Bonchev–Trinajstić information content (AvgIpc) is 3.24. The highest BCUT2D eigenvalue weighted by Crippen LogP contribution is 2.23. The minimum Gasteiger partial charge on any atom is -0.356 e. The van der Waals surface area contributed by atoms with Gasteiger partial charge in [-0.05, 0) is 45.0 Å². The molecule has 1 fully saturated rings. The number of benzene rings is 1. The van der Waals surface area contributed by atoms with Gasteiger partial charge in [0.1, 0.15) is 0 Å². The Morgan fingerprint density at radius 1 is 1.21 bits per heavy atom. The second kappa shape index (κ2) is 8.30. The van der Waals surface area contributed by atoms with Crippen LogP contribution < -0.4 is 5.32 Å². The molecule has 0 saturated carbocycles. The molecule has 0 aliphatic carbocycles. The molecule has 0 spiro atoms. The number of carbonyl (C=O) groups excluding carboxylic acids is 1. The number of hydrogen-bond donors (Lipinski definition) is 1. The summed E-state index contributed by atoms with van der Waals surface area (Å²) in [5.41, 5.74) is 1.04. The predicted molar refractivity (Wildman–Crippen MR) is 95.3 cm³/mol. The van der Waals surface area contributed by atoms with Crippen molar-refractivity contribution < 1.29 is 4.79 Å². The van der Waals surface area contributed by atoms with Crippen molar-refractivity contribution in [3.05, 3.63) is 36.2 Å². The first-order valence-corrected chi connectivity index (χ1v) is 9.38. The fourth-order valence-electron chi connectivity index (χ4n) is 2.85. The van der Waals surface area contributed by atoms with Crippen LogP contribution in [-0.4, -0.2) is 51.0 Å². The maximum Gasteiger partial charge on any atom is 0.230 e. The summed E-state index contributed by atoms with van der Waals surface area (Å²) in [6, 6.07) is 10.1. The summed E-state index contributed by atoms with van der Waals surface area (Å²) in [5.74, 6) is 1.30. The van der Waals surface area contributed by atoms with Crippen LogP contribution in [0.15, 0.2) is 35.5 Å². The third-order valence-corrected chi connectivity index (χ3v) is 4.91. The van der Waals surface area contributed by atoms with Crippen molar-refractivity contribution in [2.45, 2.75) is 31.5 Å². The first-order valence-electron chi connectivity index (χ1n) is 8.39. The van der Waals surface area contributed by atoms with Gasteiger partial charge in [0, 0.05) is 12.2 Å². The Balaban J connectivity index is 1.82. The van der Waals surface area contributed by atoms with Crippen LogP contribution >= 0.6 is 11.8 Å². The van der Waals surface area contributed by atoms with Gasteiger partial charge in [0.15, 0.2) is 11.0 Å². The molecule has 128 valence electrons. The SMILES string of the molecule is CCNC(=O)CSc1nnc(CN2CCCC2)n1-c1ccccc1. The lowest BCUT2D eigenvalue weighted by atomic mass is 10.3. The molecule has 6 nitrogen and oxygen atoms in total. The molecule has 7 heteroatoms. The first kappa shape index (κ1) is 17.0. The highest BCUT2D eigenvalue weighted by molar-refractivity contribution is 7.99. The van der Waals surface area contributed by atoms with Crippen LogP contribution in [0.1, 0.15) is 25.6 Å². The van der Waals surface area contributed by atoms with Gasteiger partial charge in [0.25, 0.3) is 0 Å². The van der Waals surface area contributed by atoms with Gasteiger partial charge in [-0.15, -0.1) is 10.2 Å². The molecule has 2 heterocycles. The molecule has 1 N–H and O–H groups in total. The average molecular weight is 345 g/mol. The zero-order chi connectivity index (χ0) is 16.8. The van der Waals surface area contributed by atoms with Crippen LogP contribution in [-0.2, 0) is 11.3 Å². The molecular formula is C17H23N5OS. The zero-order valence-corrected chi connectivity index (χ0v) is 14.8. The second-order valence-electron chi connectivity index (χ2n) is 5.80. The number of likely N-dealkylation sites (tertiary alicyclic amines) is 1. The number of amides is 1. The monoisotopic (exact) mass is 345 g/mol. The van der Waals surface area contributed by atoms with E-state index in [1.54, 1.807) is 0 Å². The van der Waals surface area contributed by atoms with E-state index in [9.17, 15) is 4.79 Å². The number of nitrogens with zero attached hydrogens (tertiary/aromatic N) is 4. The van der Waals surface area contributed by atoms with E-state index in [4.69, 9.17) is 0 Å². The summed E-state index contributed by atoms with van der Waals surface area (Å²) in [6.07, 6.45) is 2.50. The van der Waals surface area contributed by atoms with Crippen LogP contribution in [0.3, 0.4) is 0 Å². The molecule has 1 aliphatic rings. The van der Waals surface area contributed by atoms with Gasteiger partial charge < -0.3 is 5.32 Å². The topological polar surface area (TPSA) is 63.1 Å². The van der Waals surface area contributed by atoms with E-state index >= 15 is 0 Å². The molecule has 3 rings (SSSR count). The molecule has 0 bridgehead atoms. The summed E-state index contributed by atoms with van der Waals surface area (Å²) < 4.78 is 2.07. The number of thioether (sulfide) groups is 1. The van der Waals surface area contributed by atoms with E-state index in [0.29, 0.717) is 12.3 Å². The van der Waals surface area contributed by atoms with Gasteiger partial charge in [0.05, 0.1) is 12.3 Å². The molecule has 2 aromatic rings. The number of rotatable bonds is 7. The van der Waals surface area contributed by atoms with E-state index in [1.807, 2.05) is 37.3 Å². The predicted octanol–water partition coefficient (Wildman–Crippen LogP) is 2.09.